The van der Waals surface area contributed by atoms with Gasteiger partial charge in [-0.3, -0.25) is 0 Å². The second-order valence-electron chi connectivity index (χ2n) is 5.32. The van der Waals surface area contributed by atoms with Gasteiger partial charge in [0.05, 0.1) is 6.54 Å². The molecule has 5 nitrogen and oxygen atoms in total. The Labute approximate surface area is 97.6 Å². The number of tetrazole rings is 1. The highest BCUT2D eigenvalue weighted by atomic mass is 15.5. The van der Waals surface area contributed by atoms with Gasteiger partial charge < -0.3 is 5.32 Å². The zero-order valence-electron chi connectivity index (χ0n) is 11.0. The average molecular weight is 225 g/mol. The summed E-state index contributed by atoms with van der Waals surface area (Å²) in [5.74, 6) is 1.45. The van der Waals surface area contributed by atoms with Crippen LogP contribution in [0.25, 0.3) is 0 Å². The predicted octanol–water partition coefficient (Wildman–Crippen LogP) is 1.46. The minimum Gasteiger partial charge on any atom is -0.310 e. The number of hydrogen-bond donors (Lipinski definition) is 1. The second-order valence-corrected chi connectivity index (χ2v) is 5.32. The number of rotatable bonds is 5. The van der Waals surface area contributed by atoms with Gasteiger partial charge in [0.15, 0.2) is 5.82 Å². The summed E-state index contributed by atoms with van der Waals surface area (Å²) in [5, 5.41) is 15.0. The van der Waals surface area contributed by atoms with Crippen molar-refractivity contribution in [2.24, 2.45) is 11.3 Å². The molecule has 0 saturated carbocycles. The molecule has 0 aliphatic rings. The normalized spacial score (nSPS) is 14.1. The molecule has 0 fully saturated rings. The average Bonchev–Trinajstić information content (AvgIpc) is 2.61. The third kappa shape index (κ3) is 3.56. The first-order chi connectivity index (χ1) is 7.45. The lowest BCUT2D eigenvalue weighted by Gasteiger charge is -2.27. The van der Waals surface area contributed by atoms with Gasteiger partial charge in [-0.2, -0.15) is 0 Å². The fourth-order valence-electron chi connectivity index (χ4n) is 1.26. The van der Waals surface area contributed by atoms with E-state index < -0.39 is 0 Å². The molecule has 1 rings (SSSR count). The summed E-state index contributed by atoms with van der Waals surface area (Å²) in [6, 6.07) is 0. The van der Waals surface area contributed by atoms with Crippen molar-refractivity contribution in [3.8, 4) is 0 Å². The van der Waals surface area contributed by atoms with Gasteiger partial charge in [0, 0.05) is 6.54 Å². The van der Waals surface area contributed by atoms with Crippen molar-refractivity contribution in [2.75, 3.05) is 6.54 Å². The van der Waals surface area contributed by atoms with E-state index in [4.69, 9.17) is 0 Å². The maximum Gasteiger partial charge on any atom is 0.165 e. The maximum atomic E-state index is 4.04. The molecule has 0 amide bonds. The van der Waals surface area contributed by atoms with Gasteiger partial charge >= 0.3 is 0 Å². The zero-order chi connectivity index (χ0) is 12.2. The van der Waals surface area contributed by atoms with Gasteiger partial charge in [0.25, 0.3) is 0 Å². The molecule has 92 valence electrons. The molecule has 1 heterocycles. The van der Waals surface area contributed by atoms with Crippen LogP contribution >= 0.6 is 0 Å². The molecular weight excluding hydrogens is 202 g/mol. The lowest BCUT2D eigenvalue weighted by molar-refractivity contribution is 0.222. The van der Waals surface area contributed by atoms with Gasteiger partial charge in [-0.25, -0.2) is 4.68 Å². The highest BCUT2D eigenvalue weighted by Gasteiger charge is 2.21. The zero-order valence-corrected chi connectivity index (χ0v) is 11.0. The van der Waals surface area contributed by atoms with Crippen LogP contribution in [0.5, 0.6) is 0 Å². The van der Waals surface area contributed by atoms with E-state index in [0.717, 1.165) is 25.5 Å². The highest BCUT2D eigenvalue weighted by molar-refractivity contribution is 4.81. The largest absolute Gasteiger partial charge is 0.310 e. The van der Waals surface area contributed by atoms with Crippen molar-refractivity contribution in [3.63, 3.8) is 0 Å². The fraction of sp³-hybridized carbons (Fsp3) is 0.909. The number of aromatic nitrogens is 4. The Balaban J connectivity index is 2.63. The van der Waals surface area contributed by atoms with Crippen LogP contribution in [0.1, 0.15) is 40.4 Å². The van der Waals surface area contributed by atoms with Crippen molar-refractivity contribution < 1.29 is 0 Å². The predicted molar refractivity (Wildman–Crippen MR) is 63.8 cm³/mol. The van der Waals surface area contributed by atoms with Crippen LogP contribution in [-0.4, -0.2) is 26.8 Å². The molecular formula is C11H23N5. The molecule has 0 aromatic carbocycles. The summed E-state index contributed by atoms with van der Waals surface area (Å²) in [6.07, 6.45) is 0. The van der Waals surface area contributed by atoms with Crippen LogP contribution in [-0.2, 0) is 13.1 Å². The number of nitrogens with zero attached hydrogens (tertiary/aromatic N) is 4. The molecule has 0 radical (unpaired) electrons. The van der Waals surface area contributed by atoms with Crippen LogP contribution in [0.3, 0.4) is 0 Å². The van der Waals surface area contributed by atoms with E-state index in [1.165, 1.54) is 0 Å². The van der Waals surface area contributed by atoms with Crippen LogP contribution < -0.4 is 5.32 Å². The molecule has 1 aromatic rings. The standard InChI is InChI=1S/C11H23N5/c1-6-12-7-10-13-14-15-16(10)8-9(2)11(3,4)5/h9,12H,6-8H2,1-5H3. The van der Waals surface area contributed by atoms with Crippen molar-refractivity contribution in [3.05, 3.63) is 5.82 Å². The molecule has 0 aliphatic heterocycles. The summed E-state index contributed by atoms with van der Waals surface area (Å²) in [5.41, 5.74) is 0.279. The van der Waals surface area contributed by atoms with Crippen molar-refractivity contribution in [1.82, 2.24) is 25.5 Å². The molecule has 1 unspecified atom stereocenters. The van der Waals surface area contributed by atoms with E-state index in [2.05, 4.69) is 55.5 Å². The van der Waals surface area contributed by atoms with Crippen LogP contribution in [0.4, 0.5) is 0 Å². The topological polar surface area (TPSA) is 55.6 Å². The Morgan fingerprint density at radius 2 is 2.06 bits per heavy atom. The van der Waals surface area contributed by atoms with Crippen LogP contribution in [0.15, 0.2) is 0 Å². The molecule has 0 bridgehead atoms. The Hall–Kier alpha value is -0.970. The quantitative estimate of drug-likeness (QED) is 0.824. The summed E-state index contributed by atoms with van der Waals surface area (Å²) in [6.45, 7) is 13.6. The van der Waals surface area contributed by atoms with E-state index in [9.17, 15) is 0 Å². The van der Waals surface area contributed by atoms with Crippen molar-refractivity contribution in [1.29, 1.82) is 0 Å². The first-order valence-corrected chi connectivity index (χ1v) is 5.91. The van der Waals surface area contributed by atoms with E-state index in [0.29, 0.717) is 5.92 Å². The van der Waals surface area contributed by atoms with Gasteiger partial charge in [0.1, 0.15) is 0 Å². The van der Waals surface area contributed by atoms with Crippen LogP contribution in [0.2, 0.25) is 0 Å². The minimum atomic E-state index is 0.279. The van der Waals surface area contributed by atoms with E-state index in [1.54, 1.807) is 0 Å². The molecule has 0 spiro atoms. The first-order valence-electron chi connectivity index (χ1n) is 5.91. The van der Waals surface area contributed by atoms with E-state index >= 15 is 0 Å². The summed E-state index contributed by atoms with van der Waals surface area (Å²) in [7, 11) is 0. The van der Waals surface area contributed by atoms with Gasteiger partial charge in [0.2, 0.25) is 0 Å². The Kier molecular flexibility index (Phi) is 4.41. The molecule has 1 atom stereocenters. The molecule has 1 aromatic heterocycles. The van der Waals surface area contributed by atoms with Crippen LogP contribution in [0, 0.1) is 11.3 Å². The lowest BCUT2D eigenvalue weighted by atomic mass is 9.82. The molecule has 5 heteroatoms. The molecule has 0 saturated heterocycles. The third-order valence-corrected chi connectivity index (χ3v) is 3.06. The summed E-state index contributed by atoms with van der Waals surface area (Å²) in [4.78, 5) is 0. The minimum absolute atomic E-state index is 0.279. The lowest BCUT2D eigenvalue weighted by Crippen LogP contribution is -2.25. The van der Waals surface area contributed by atoms with E-state index in [1.807, 2.05) is 4.68 Å². The van der Waals surface area contributed by atoms with Crippen molar-refractivity contribution in [2.45, 2.75) is 47.7 Å². The Morgan fingerprint density at radius 3 is 2.62 bits per heavy atom. The maximum absolute atomic E-state index is 4.04. The first kappa shape index (κ1) is 13.1. The number of nitrogens with one attached hydrogen (secondary N) is 1. The van der Waals surface area contributed by atoms with Gasteiger partial charge in [-0.05, 0) is 28.3 Å². The highest BCUT2D eigenvalue weighted by Crippen LogP contribution is 2.26. The van der Waals surface area contributed by atoms with E-state index in [-0.39, 0.29) is 5.41 Å². The summed E-state index contributed by atoms with van der Waals surface area (Å²) >= 11 is 0. The Morgan fingerprint density at radius 1 is 1.38 bits per heavy atom. The SMILES string of the molecule is CCNCc1nnnn1CC(C)C(C)(C)C. The van der Waals surface area contributed by atoms with Gasteiger partial charge in [-0.1, -0.05) is 34.6 Å². The van der Waals surface area contributed by atoms with Gasteiger partial charge in [-0.15, -0.1) is 5.10 Å². The monoisotopic (exact) mass is 225 g/mol. The number of hydrogen-bond acceptors (Lipinski definition) is 4. The smallest absolute Gasteiger partial charge is 0.165 e. The van der Waals surface area contributed by atoms with Crippen molar-refractivity contribution >= 4 is 0 Å². The fourth-order valence-corrected chi connectivity index (χ4v) is 1.26. The third-order valence-electron chi connectivity index (χ3n) is 3.06. The second kappa shape index (κ2) is 5.39. The molecule has 16 heavy (non-hydrogen) atoms. The molecule has 1 N–H and O–H groups in total. The summed E-state index contributed by atoms with van der Waals surface area (Å²) < 4.78 is 1.90. The molecule has 0 aliphatic carbocycles. The Bertz CT molecular complexity index is 312.